The number of benzene rings is 2. The van der Waals surface area contributed by atoms with Crippen molar-refractivity contribution in [2.24, 2.45) is 11.8 Å². The Morgan fingerprint density at radius 1 is 0.688 bits per heavy atom. The Bertz CT molecular complexity index is 724. The zero-order valence-electron chi connectivity index (χ0n) is 20.6. The van der Waals surface area contributed by atoms with E-state index in [0.717, 1.165) is 36.9 Å². The third-order valence-electron chi connectivity index (χ3n) is 6.03. The fourth-order valence-electron chi connectivity index (χ4n) is 3.75. The second-order valence-corrected chi connectivity index (χ2v) is 10.0. The average Bonchev–Trinajstić information content (AvgIpc) is 2.80. The monoisotopic (exact) mass is 458 g/mol. The first-order valence-corrected chi connectivity index (χ1v) is 13.0. The highest BCUT2D eigenvalue weighted by molar-refractivity contribution is 6.20. The van der Waals surface area contributed by atoms with Crippen LogP contribution in [0.1, 0.15) is 79.1 Å². The maximum atomic E-state index is 6.57. The molecule has 2 unspecified atom stereocenters. The Kier molecular flexibility index (Phi) is 12.6. The molecule has 0 fully saturated rings. The maximum absolute atomic E-state index is 6.57. The average molecular weight is 459 g/mol. The van der Waals surface area contributed by atoms with Gasteiger partial charge in [-0.05, 0) is 60.1 Å². The SMILES string of the molecule is CCCCCCCOc1ccc(-c2ccc(OCC(Cl)C(C)CCCC(C)C)cc2)cc1. The molecule has 2 rings (SSSR count). The van der Waals surface area contributed by atoms with Crippen molar-refractivity contribution in [3.05, 3.63) is 48.5 Å². The standard InChI is InChI=1S/C29H43ClO2/c1-5-6-7-8-9-21-31-27-17-13-25(14-18-27)26-15-19-28(20-16-26)32-22-29(30)24(4)12-10-11-23(2)3/h13-20,23-24,29H,5-12,21-22H2,1-4H3. The summed E-state index contributed by atoms with van der Waals surface area (Å²) >= 11 is 6.57. The van der Waals surface area contributed by atoms with Gasteiger partial charge in [0.15, 0.2) is 0 Å². The van der Waals surface area contributed by atoms with Gasteiger partial charge in [-0.15, -0.1) is 11.6 Å². The quantitative estimate of drug-likeness (QED) is 0.184. The molecule has 0 saturated heterocycles. The third-order valence-corrected chi connectivity index (χ3v) is 6.58. The normalized spacial score (nSPS) is 13.2. The first-order chi connectivity index (χ1) is 15.5. The predicted molar refractivity (Wildman–Crippen MR) is 139 cm³/mol. The minimum Gasteiger partial charge on any atom is -0.494 e. The van der Waals surface area contributed by atoms with Crippen molar-refractivity contribution < 1.29 is 9.47 Å². The number of hydrogen-bond acceptors (Lipinski definition) is 2. The Labute approximate surface area is 201 Å². The van der Waals surface area contributed by atoms with Crippen molar-refractivity contribution in [2.75, 3.05) is 13.2 Å². The van der Waals surface area contributed by atoms with Gasteiger partial charge >= 0.3 is 0 Å². The van der Waals surface area contributed by atoms with Gasteiger partial charge in [-0.25, -0.2) is 0 Å². The highest BCUT2D eigenvalue weighted by Gasteiger charge is 2.15. The molecule has 2 atom stereocenters. The number of ether oxygens (including phenoxy) is 2. The molecule has 0 spiro atoms. The predicted octanol–water partition coefficient (Wildman–Crippen LogP) is 9.15. The molecular formula is C29H43ClO2. The Balaban J connectivity index is 1.74. The smallest absolute Gasteiger partial charge is 0.119 e. The summed E-state index contributed by atoms with van der Waals surface area (Å²) in [5.74, 6) is 3.04. The van der Waals surface area contributed by atoms with Crippen molar-refractivity contribution in [3.8, 4) is 22.6 Å². The molecule has 2 aromatic rings. The van der Waals surface area contributed by atoms with Crippen molar-refractivity contribution in [1.82, 2.24) is 0 Å². The molecule has 178 valence electrons. The van der Waals surface area contributed by atoms with E-state index in [1.807, 2.05) is 12.1 Å². The van der Waals surface area contributed by atoms with Crippen molar-refractivity contribution >= 4 is 11.6 Å². The molecule has 2 aromatic carbocycles. The first-order valence-electron chi connectivity index (χ1n) is 12.6. The van der Waals surface area contributed by atoms with Gasteiger partial charge in [0.1, 0.15) is 18.1 Å². The highest BCUT2D eigenvalue weighted by Crippen LogP contribution is 2.26. The van der Waals surface area contributed by atoms with Crippen LogP contribution in [0.15, 0.2) is 48.5 Å². The second kappa shape index (κ2) is 15.2. The molecule has 0 bridgehead atoms. The van der Waals surface area contributed by atoms with Crippen molar-refractivity contribution in [1.29, 1.82) is 0 Å². The van der Waals surface area contributed by atoms with Crippen LogP contribution in [-0.2, 0) is 0 Å². The molecule has 0 aliphatic carbocycles. The molecule has 0 amide bonds. The summed E-state index contributed by atoms with van der Waals surface area (Å²) in [6, 6.07) is 16.6. The van der Waals surface area contributed by atoms with Crippen LogP contribution < -0.4 is 9.47 Å². The van der Waals surface area contributed by atoms with Crippen LogP contribution in [0.4, 0.5) is 0 Å². The van der Waals surface area contributed by atoms with Gasteiger partial charge in [-0.3, -0.25) is 0 Å². The van der Waals surface area contributed by atoms with Crippen LogP contribution in [0.5, 0.6) is 11.5 Å². The summed E-state index contributed by atoms with van der Waals surface area (Å²) < 4.78 is 11.8. The van der Waals surface area contributed by atoms with Gasteiger partial charge in [0.2, 0.25) is 0 Å². The fraction of sp³-hybridized carbons (Fsp3) is 0.586. The summed E-state index contributed by atoms with van der Waals surface area (Å²) in [7, 11) is 0. The van der Waals surface area contributed by atoms with Gasteiger partial charge in [0, 0.05) is 0 Å². The van der Waals surface area contributed by atoms with Crippen LogP contribution >= 0.6 is 11.6 Å². The molecule has 3 heteroatoms. The molecule has 32 heavy (non-hydrogen) atoms. The van der Waals surface area contributed by atoms with E-state index in [1.54, 1.807) is 0 Å². The number of alkyl halides is 1. The van der Waals surface area contributed by atoms with E-state index in [-0.39, 0.29) is 5.38 Å². The van der Waals surface area contributed by atoms with Gasteiger partial charge in [0.25, 0.3) is 0 Å². The zero-order valence-corrected chi connectivity index (χ0v) is 21.4. The molecule has 0 radical (unpaired) electrons. The van der Waals surface area contributed by atoms with E-state index in [1.165, 1.54) is 49.7 Å². The van der Waals surface area contributed by atoms with Gasteiger partial charge in [-0.1, -0.05) is 90.5 Å². The summed E-state index contributed by atoms with van der Waals surface area (Å²) in [4.78, 5) is 0. The molecule has 0 aliphatic rings. The molecule has 0 heterocycles. The Morgan fingerprint density at radius 2 is 1.25 bits per heavy atom. The summed E-state index contributed by atoms with van der Waals surface area (Å²) in [5, 5.41) is 0.0426. The lowest BCUT2D eigenvalue weighted by Gasteiger charge is -2.19. The van der Waals surface area contributed by atoms with Crippen LogP contribution in [0.2, 0.25) is 0 Å². The Hall–Kier alpha value is -1.67. The third kappa shape index (κ3) is 10.3. The van der Waals surface area contributed by atoms with E-state index in [2.05, 4.69) is 64.1 Å². The van der Waals surface area contributed by atoms with Crippen LogP contribution in [0.3, 0.4) is 0 Å². The largest absolute Gasteiger partial charge is 0.494 e. The van der Waals surface area contributed by atoms with Crippen molar-refractivity contribution in [3.63, 3.8) is 0 Å². The van der Waals surface area contributed by atoms with E-state index in [4.69, 9.17) is 21.1 Å². The van der Waals surface area contributed by atoms with Gasteiger partial charge < -0.3 is 9.47 Å². The molecule has 0 aromatic heterocycles. The highest BCUT2D eigenvalue weighted by atomic mass is 35.5. The van der Waals surface area contributed by atoms with Crippen molar-refractivity contribution in [2.45, 2.75) is 84.4 Å². The lowest BCUT2D eigenvalue weighted by Crippen LogP contribution is -2.20. The fourth-order valence-corrected chi connectivity index (χ4v) is 3.94. The minimum absolute atomic E-state index is 0.0426. The molecular weight excluding hydrogens is 416 g/mol. The number of hydrogen-bond donors (Lipinski definition) is 0. The summed E-state index contributed by atoms with van der Waals surface area (Å²) in [5.41, 5.74) is 2.36. The van der Waals surface area contributed by atoms with E-state index < -0.39 is 0 Å². The molecule has 2 nitrogen and oxygen atoms in total. The number of rotatable bonds is 16. The molecule has 0 N–H and O–H groups in total. The van der Waals surface area contributed by atoms with Gasteiger partial charge in [0.05, 0.1) is 12.0 Å². The topological polar surface area (TPSA) is 18.5 Å². The molecule has 0 aliphatic heterocycles. The van der Waals surface area contributed by atoms with E-state index in [9.17, 15) is 0 Å². The van der Waals surface area contributed by atoms with Gasteiger partial charge in [-0.2, -0.15) is 0 Å². The number of halogens is 1. The Morgan fingerprint density at radius 3 is 1.81 bits per heavy atom. The second-order valence-electron chi connectivity index (χ2n) is 9.44. The summed E-state index contributed by atoms with van der Waals surface area (Å²) in [6.07, 6.45) is 9.95. The van der Waals surface area contributed by atoms with E-state index >= 15 is 0 Å². The van der Waals surface area contributed by atoms with Crippen LogP contribution in [-0.4, -0.2) is 18.6 Å². The maximum Gasteiger partial charge on any atom is 0.119 e. The number of unbranched alkanes of at least 4 members (excludes halogenated alkanes) is 4. The van der Waals surface area contributed by atoms with Crippen LogP contribution in [0, 0.1) is 11.8 Å². The molecule has 0 saturated carbocycles. The lowest BCUT2D eigenvalue weighted by molar-refractivity contribution is 0.280. The summed E-state index contributed by atoms with van der Waals surface area (Å²) in [6.45, 7) is 10.4. The van der Waals surface area contributed by atoms with E-state index in [0.29, 0.717) is 12.5 Å². The lowest BCUT2D eigenvalue weighted by atomic mass is 9.97. The van der Waals surface area contributed by atoms with Crippen LogP contribution in [0.25, 0.3) is 11.1 Å². The zero-order chi connectivity index (χ0) is 23.2. The minimum atomic E-state index is 0.0426. The first kappa shape index (κ1) is 26.6.